The van der Waals surface area contributed by atoms with Gasteiger partial charge < -0.3 is 5.11 Å². The van der Waals surface area contributed by atoms with Crippen LogP contribution in [0, 0.1) is 11.3 Å². The van der Waals surface area contributed by atoms with Gasteiger partial charge >= 0.3 is 0 Å². The molecule has 0 bridgehead atoms. The van der Waals surface area contributed by atoms with Crippen LogP contribution >= 0.6 is 0 Å². The fraction of sp³-hybridized carbons (Fsp3) is 0.800. The fourth-order valence-electron chi connectivity index (χ4n) is 1.00. The summed E-state index contributed by atoms with van der Waals surface area (Å²) in [5.41, 5.74) is 0.217. The lowest BCUT2D eigenvalue weighted by Crippen LogP contribution is -2.23. The molecular formula is C10H20O. The number of hydrogen-bond donors (Lipinski definition) is 1. The van der Waals surface area contributed by atoms with E-state index < -0.39 is 0 Å². The van der Waals surface area contributed by atoms with E-state index in [1.807, 2.05) is 13.0 Å². The lowest BCUT2D eigenvalue weighted by molar-refractivity contribution is 0.133. The third-order valence-corrected chi connectivity index (χ3v) is 2.10. The molecule has 66 valence electrons. The molecule has 0 aliphatic rings. The lowest BCUT2D eigenvalue weighted by Gasteiger charge is -2.27. The van der Waals surface area contributed by atoms with Crippen molar-refractivity contribution in [2.24, 2.45) is 11.3 Å². The quantitative estimate of drug-likeness (QED) is 0.623. The van der Waals surface area contributed by atoms with Crippen molar-refractivity contribution in [1.29, 1.82) is 0 Å². The number of hydrogen-bond acceptors (Lipinski definition) is 1. The molecule has 0 amide bonds. The summed E-state index contributed by atoms with van der Waals surface area (Å²) in [6, 6.07) is 0. The van der Waals surface area contributed by atoms with Crippen molar-refractivity contribution in [3.05, 3.63) is 12.2 Å². The third kappa shape index (κ3) is 4.20. The van der Waals surface area contributed by atoms with Gasteiger partial charge in [0.2, 0.25) is 0 Å². The Morgan fingerprint density at radius 3 is 2.18 bits per heavy atom. The van der Waals surface area contributed by atoms with E-state index in [9.17, 15) is 0 Å². The molecule has 0 rings (SSSR count). The molecule has 0 saturated carbocycles. The normalized spacial score (nSPS) is 15.7. The first-order chi connectivity index (χ1) is 5.02. The molecule has 0 aromatic rings. The molecule has 0 aliphatic carbocycles. The molecule has 0 aliphatic heterocycles. The molecule has 0 heterocycles. The standard InChI is InChI=1S/C10H20O/c1-5-6-7-9(8-11)10(2,3)4/h5-6,9,11H,7-8H2,1-4H3/b6-5-. The van der Waals surface area contributed by atoms with E-state index in [4.69, 9.17) is 5.11 Å². The molecule has 1 N–H and O–H groups in total. The van der Waals surface area contributed by atoms with Crippen LogP contribution in [-0.4, -0.2) is 11.7 Å². The van der Waals surface area contributed by atoms with E-state index in [2.05, 4.69) is 26.8 Å². The van der Waals surface area contributed by atoms with Crippen molar-refractivity contribution >= 4 is 0 Å². The first-order valence-corrected chi connectivity index (χ1v) is 4.24. The maximum atomic E-state index is 9.05. The van der Waals surface area contributed by atoms with Crippen LogP contribution in [0.2, 0.25) is 0 Å². The highest BCUT2D eigenvalue weighted by atomic mass is 16.3. The fourth-order valence-corrected chi connectivity index (χ4v) is 1.00. The molecule has 1 heteroatoms. The molecule has 0 saturated heterocycles. The van der Waals surface area contributed by atoms with Crippen molar-refractivity contribution in [2.45, 2.75) is 34.1 Å². The molecule has 0 radical (unpaired) electrons. The number of rotatable bonds is 3. The molecule has 0 spiro atoms. The second-order valence-corrected chi connectivity index (χ2v) is 4.05. The van der Waals surface area contributed by atoms with Crippen LogP contribution in [0.3, 0.4) is 0 Å². The summed E-state index contributed by atoms with van der Waals surface area (Å²) in [5.74, 6) is 0.388. The molecule has 1 atom stereocenters. The minimum Gasteiger partial charge on any atom is -0.396 e. The van der Waals surface area contributed by atoms with E-state index in [0.717, 1.165) is 6.42 Å². The molecule has 11 heavy (non-hydrogen) atoms. The van der Waals surface area contributed by atoms with Gasteiger partial charge in [-0.05, 0) is 24.7 Å². The number of aliphatic hydroxyl groups excluding tert-OH is 1. The van der Waals surface area contributed by atoms with Gasteiger partial charge in [-0.1, -0.05) is 32.9 Å². The van der Waals surface area contributed by atoms with Crippen molar-refractivity contribution in [3.63, 3.8) is 0 Å². The van der Waals surface area contributed by atoms with Crippen LogP contribution in [0.5, 0.6) is 0 Å². The Morgan fingerprint density at radius 2 is 1.91 bits per heavy atom. The first kappa shape index (κ1) is 10.7. The number of allylic oxidation sites excluding steroid dienone is 2. The van der Waals surface area contributed by atoms with E-state index >= 15 is 0 Å². The van der Waals surface area contributed by atoms with Crippen molar-refractivity contribution < 1.29 is 5.11 Å². The Labute approximate surface area is 70.1 Å². The van der Waals surface area contributed by atoms with Gasteiger partial charge in [0.25, 0.3) is 0 Å². The molecule has 0 aromatic heterocycles. The first-order valence-electron chi connectivity index (χ1n) is 4.24. The lowest BCUT2D eigenvalue weighted by atomic mass is 9.79. The van der Waals surface area contributed by atoms with E-state index in [0.29, 0.717) is 5.92 Å². The predicted octanol–water partition coefficient (Wildman–Crippen LogP) is 2.61. The Hall–Kier alpha value is -0.300. The molecular weight excluding hydrogens is 136 g/mol. The summed E-state index contributed by atoms with van der Waals surface area (Å²) in [5, 5.41) is 9.05. The predicted molar refractivity (Wildman–Crippen MR) is 49.5 cm³/mol. The minimum absolute atomic E-state index is 0.217. The van der Waals surface area contributed by atoms with Crippen molar-refractivity contribution in [3.8, 4) is 0 Å². The zero-order chi connectivity index (χ0) is 8.91. The summed E-state index contributed by atoms with van der Waals surface area (Å²) < 4.78 is 0. The molecule has 1 nitrogen and oxygen atoms in total. The summed E-state index contributed by atoms with van der Waals surface area (Å²) in [6.07, 6.45) is 5.14. The van der Waals surface area contributed by atoms with Gasteiger partial charge in [-0.25, -0.2) is 0 Å². The summed E-state index contributed by atoms with van der Waals surface area (Å²) in [7, 11) is 0. The summed E-state index contributed by atoms with van der Waals surface area (Å²) >= 11 is 0. The highest BCUT2D eigenvalue weighted by Crippen LogP contribution is 2.28. The Bertz CT molecular complexity index is 119. The van der Waals surface area contributed by atoms with Crippen molar-refractivity contribution in [2.75, 3.05) is 6.61 Å². The average Bonchev–Trinajstić information content (AvgIpc) is 1.87. The van der Waals surface area contributed by atoms with Crippen LogP contribution in [0.1, 0.15) is 34.1 Å². The van der Waals surface area contributed by atoms with Gasteiger partial charge in [0.05, 0.1) is 0 Å². The average molecular weight is 156 g/mol. The van der Waals surface area contributed by atoms with E-state index in [-0.39, 0.29) is 12.0 Å². The zero-order valence-corrected chi connectivity index (χ0v) is 8.09. The SMILES string of the molecule is C/C=C\CC(CO)C(C)(C)C. The molecule has 0 fully saturated rings. The highest BCUT2D eigenvalue weighted by Gasteiger charge is 2.21. The van der Waals surface area contributed by atoms with Crippen LogP contribution < -0.4 is 0 Å². The van der Waals surface area contributed by atoms with Gasteiger partial charge in [-0.15, -0.1) is 0 Å². The van der Waals surface area contributed by atoms with E-state index in [1.54, 1.807) is 0 Å². The number of aliphatic hydroxyl groups is 1. The molecule has 0 aromatic carbocycles. The van der Waals surface area contributed by atoms with E-state index in [1.165, 1.54) is 0 Å². The van der Waals surface area contributed by atoms with Gasteiger partial charge in [0.15, 0.2) is 0 Å². The monoisotopic (exact) mass is 156 g/mol. The van der Waals surface area contributed by atoms with Crippen LogP contribution in [0.15, 0.2) is 12.2 Å². The van der Waals surface area contributed by atoms with Crippen LogP contribution in [-0.2, 0) is 0 Å². The Morgan fingerprint density at radius 1 is 1.36 bits per heavy atom. The smallest absolute Gasteiger partial charge is 0.0467 e. The molecule has 1 unspecified atom stereocenters. The summed E-state index contributed by atoms with van der Waals surface area (Å²) in [6.45, 7) is 8.79. The second kappa shape index (κ2) is 4.55. The third-order valence-electron chi connectivity index (χ3n) is 2.10. The van der Waals surface area contributed by atoms with Gasteiger partial charge in [-0.2, -0.15) is 0 Å². The van der Waals surface area contributed by atoms with Crippen LogP contribution in [0.4, 0.5) is 0 Å². The van der Waals surface area contributed by atoms with Crippen molar-refractivity contribution in [1.82, 2.24) is 0 Å². The van der Waals surface area contributed by atoms with Gasteiger partial charge in [-0.3, -0.25) is 0 Å². The zero-order valence-electron chi connectivity index (χ0n) is 8.09. The minimum atomic E-state index is 0.217. The largest absolute Gasteiger partial charge is 0.396 e. The van der Waals surface area contributed by atoms with Crippen LogP contribution in [0.25, 0.3) is 0 Å². The maximum Gasteiger partial charge on any atom is 0.0467 e. The Kier molecular flexibility index (Phi) is 4.43. The maximum absolute atomic E-state index is 9.05. The topological polar surface area (TPSA) is 20.2 Å². The summed E-state index contributed by atoms with van der Waals surface area (Å²) in [4.78, 5) is 0. The second-order valence-electron chi connectivity index (χ2n) is 4.05. The van der Waals surface area contributed by atoms with Gasteiger partial charge in [0, 0.05) is 6.61 Å². The van der Waals surface area contributed by atoms with Gasteiger partial charge in [0.1, 0.15) is 0 Å². The highest BCUT2D eigenvalue weighted by molar-refractivity contribution is 4.84. The Balaban J connectivity index is 3.96.